The van der Waals surface area contributed by atoms with Crippen LogP contribution in [0, 0.1) is 6.92 Å². The standard InChI is InChI=1S/C22H25FN4O4S/c1-14-21(15-5-4-6-18(11-15)32(30,31)26(2)3)19-12-17(24)7-8-20(19)27(14)13-16(23)9-10-25-22(28)29/h4-9,11-12,25H,10,13,24H2,1-3H3,(H,28,29). The molecule has 1 aromatic heterocycles. The molecule has 2 aromatic carbocycles. The molecule has 1 amide bonds. The molecule has 0 aliphatic rings. The van der Waals surface area contributed by atoms with Crippen LogP contribution < -0.4 is 11.1 Å². The van der Waals surface area contributed by atoms with Crippen molar-refractivity contribution in [3.63, 3.8) is 0 Å². The van der Waals surface area contributed by atoms with Crippen LogP contribution >= 0.6 is 0 Å². The number of sulfonamides is 1. The zero-order valence-corrected chi connectivity index (χ0v) is 18.8. The molecule has 0 saturated heterocycles. The summed E-state index contributed by atoms with van der Waals surface area (Å²) in [6, 6.07) is 11.8. The first-order valence-corrected chi connectivity index (χ1v) is 11.2. The summed E-state index contributed by atoms with van der Waals surface area (Å²) >= 11 is 0. The number of carboxylic acid groups (broad SMARTS) is 1. The second-order valence-electron chi connectivity index (χ2n) is 7.48. The lowest BCUT2D eigenvalue weighted by Crippen LogP contribution is -2.22. The first kappa shape index (κ1) is 23.3. The number of benzene rings is 2. The van der Waals surface area contributed by atoms with Gasteiger partial charge in [0.1, 0.15) is 5.83 Å². The summed E-state index contributed by atoms with van der Waals surface area (Å²) in [6.45, 7) is 1.56. The Labute approximate surface area is 185 Å². The molecular weight excluding hydrogens is 435 g/mol. The number of hydrogen-bond acceptors (Lipinski definition) is 4. The number of rotatable bonds is 7. The van der Waals surface area contributed by atoms with Gasteiger partial charge in [0.15, 0.2) is 0 Å². The maximum absolute atomic E-state index is 14.5. The third-order valence-electron chi connectivity index (χ3n) is 5.13. The van der Waals surface area contributed by atoms with E-state index in [2.05, 4.69) is 5.32 Å². The second-order valence-corrected chi connectivity index (χ2v) is 9.63. The fraction of sp³-hybridized carbons (Fsp3) is 0.227. The summed E-state index contributed by atoms with van der Waals surface area (Å²) in [5.41, 5.74) is 9.39. The number of anilines is 1. The van der Waals surface area contributed by atoms with Gasteiger partial charge in [0.25, 0.3) is 0 Å². The summed E-state index contributed by atoms with van der Waals surface area (Å²) in [5.74, 6) is -0.508. The van der Waals surface area contributed by atoms with Crippen LogP contribution in [0.4, 0.5) is 14.9 Å². The number of halogens is 1. The van der Waals surface area contributed by atoms with Crippen molar-refractivity contribution in [2.75, 3.05) is 26.4 Å². The van der Waals surface area contributed by atoms with Crippen molar-refractivity contribution in [3.8, 4) is 11.1 Å². The maximum Gasteiger partial charge on any atom is 0.404 e. The van der Waals surface area contributed by atoms with Crippen LogP contribution in [0.25, 0.3) is 22.0 Å². The minimum atomic E-state index is -3.63. The largest absolute Gasteiger partial charge is 0.465 e. The molecule has 0 radical (unpaired) electrons. The lowest BCUT2D eigenvalue weighted by Gasteiger charge is -2.13. The van der Waals surface area contributed by atoms with Crippen LogP contribution in [0.5, 0.6) is 0 Å². The Bertz CT molecular complexity index is 1310. The number of fused-ring (bicyclic) bond motifs is 1. The van der Waals surface area contributed by atoms with E-state index in [0.29, 0.717) is 11.3 Å². The molecule has 0 aliphatic carbocycles. The zero-order valence-electron chi connectivity index (χ0n) is 18.0. The van der Waals surface area contributed by atoms with E-state index < -0.39 is 21.9 Å². The molecule has 0 fully saturated rings. The molecule has 0 spiro atoms. The average molecular weight is 461 g/mol. The highest BCUT2D eigenvalue weighted by Gasteiger charge is 2.21. The van der Waals surface area contributed by atoms with Crippen molar-refractivity contribution in [3.05, 3.63) is 60.1 Å². The molecule has 10 heteroatoms. The number of allylic oxidation sites excluding steroid dienone is 1. The Morgan fingerprint density at radius 1 is 1.25 bits per heavy atom. The van der Waals surface area contributed by atoms with E-state index in [1.807, 2.05) is 6.92 Å². The number of nitrogens with one attached hydrogen (secondary N) is 1. The highest BCUT2D eigenvalue weighted by atomic mass is 32.2. The van der Waals surface area contributed by atoms with Gasteiger partial charge in [-0.05, 0) is 48.9 Å². The van der Waals surface area contributed by atoms with Crippen molar-refractivity contribution < 1.29 is 22.7 Å². The second kappa shape index (κ2) is 9.01. The number of carbonyl (C=O) groups is 1. The number of nitrogens with zero attached hydrogens (tertiary/aromatic N) is 2. The molecule has 4 N–H and O–H groups in total. The van der Waals surface area contributed by atoms with Gasteiger partial charge in [0.2, 0.25) is 10.0 Å². The Morgan fingerprint density at radius 2 is 1.97 bits per heavy atom. The van der Waals surface area contributed by atoms with Gasteiger partial charge in [-0.15, -0.1) is 0 Å². The SMILES string of the molecule is Cc1c(-c2cccc(S(=O)(=O)N(C)C)c2)c2cc(N)ccc2n1CC(F)=CCNC(=O)O. The Kier molecular flexibility index (Phi) is 6.56. The van der Waals surface area contributed by atoms with E-state index in [0.717, 1.165) is 26.5 Å². The van der Waals surface area contributed by atoms with E-state index in [9.17, 15) is 17.6 Å². The zero-order chi connectivity index (χ0) is 23.6. The summed E-state index contributed by atoms with van der Waals surface area (Å²) in [6.07, 6.45) is -0.0670. The Morgan fingerprint density at radius 3 is 2.62 bits per heavy atom. The van der Waals surface area contributed by atoms with Crippen LogP contribution in [0.15, 0.2) is 59.3 Å². The summed E-state index contributed by atoms with van der Waals surface area (Å²) in [7, 11) is -0.701. The van der Waals surface area contributed by atoms with Crippen molar-refractivity contribution in [1.29, 1.82) is 0 Å². The normalized spacial score (nSPS) is 12.5. The molecule has 0 unspecified atom stereocenters. The third kappa shape index (κ3) is 4.61. The van der Waals surface area contributed by atoms with Crippen molar-refractivity contribution in [2.45, 2.75) is 18.4 Å². The molecular formula is C22H25FN4O4S. The van der Waals surface area contributed by atoms with E-state index >= 15 is 0 Å². The topological polar surface area (TPSA) is 118 Å². The van der Waals surface area contributed by atoms with E-state index in [1.165, 1.54) is 26.2 Å². The highest BCUT2D eigenvalue weighted by Crippen LogP contribution is 2.37. The summed E-state index contributed by atoms with van der Waals surface area (Å²) < 4.78 is 42.7. The van der Waals surface area contributed by atoms with Gasteiger partial charge in [0.05, 0.1) is 11.4 Å². The fourth-order valence-corrected chi connectivity index (χ4v) is 4.50. The molecule has 1 heterocycles. The van der Waals surface area contributed by atoms with Gasteiger partial charge in [-0.1, -0.05) is 12.1 Å². The van der Waals surface area contributed by atoms with Crippen LogP contribution in [-0.2, 0) is 16.6 Å². The van der Waals surface area contributed by atoms with Gasteiger partial charge >= 0.3 is 6.09 Å². The monoisotopic (exact) mass is 460 g/mol. The summed E-state index contributed by atoms with van der Waals surface area (Å²) in [5, 5.41) is 11.5. The molecule has 8 nitrogen and oxygen atoms in total. The van der Waals surface area contributed by atoms with Crippen molar-refractivity contribution in [2.24, 2.45) is 0 Å². The van der Waals surface area contributed by atoms with Gasteiger partial charge in [-0.25, -0.2) is 21.9 Å². The average Bonchev–Trinajstić information content (AvgIpc) is 2.98. The smallest absolute Gasteiger partial charge is 0.404 e. The Hall–Kier alpha value is -3.37. The van der Waals surface area contributed by atoms with Crippen molar-refractivity contribution in [1.82, 2.24) is 14.2 Å². The molecule has 0 atom stereocenters. The van der Waals surface area contributed by atoms with Crippen LogP contribution in [0.1, 0.15) is 5.69 Å². The van der Waals surface area contributed by atoms with Crippen molar-refractivity contribution >= 4 is 32.7 Å². The maximum atomic E-state index is 14.5. The fourth-order valence-electron chi connectivity index (χ4n) is 3.56. The first-order chi connectivity index (χ1) is 15.0. The lowest BCUT2D eigenvalue weighted by molar-refractivity contribution is 0.195. The van der Waals surface area contributed by atoms with Crippen LogP contribution in [-0.4, -0.2) is 49.1 Å². The van der Waals surface area contributed by atoms with E-state index in [4.69, 9.17) is 10.8 Å². The van der Waals surface area contributed by atoms with E-state index in [-0.39, 0.29) is 18.0 Å². The molecule has 3 rings (SSSR count). The number of hydrogen-bond donors (Lipinski definition) is 3. The first-order valence-electron chi connectivity index (χ1n) is 9.75. The van der Waals surface area contributed by atoms with Gasteiger partial charge in [0, 0.05) is 48.5 Å². The number of nitrogens with two attached hydrogens (primary N) is 1. The minimum Gasteiger partial charge on any atom is -0.465 e. The predicted molar refractivity (Wildman–Crippen MR) is 123 cm³/mol. The summed E-state index contributed by atoms with van der Waals surface area (Å²) in [4.78, 5) is 10.7. The number of aromatic nitrogens is 1. The van der Waals surface area contributed by atoms with Gasteiger partial charge in [-0.3, -0.25) is 0 Å². The molecule has 0 saturated carbocycles. The molecule has 32 heavy (non-hydrogen) atoms. The highest BCUT2D eigenvalue weighted by molar-refractivity contribution is 7.89. The lowest BCUT2D eigenvalue weighted by atomic mass is 10.0. The quantitative estimate of drug-likeness (QED) is 0.466. The molecule has 0 aliphatic heterocycles. The third-order valence-corrected chi connectivity index (χ3v) is 6.95. The van der Waals surface area contributed by atoms with Crippen LogP contribution in [0.3, 0.4) is 0 Å². The molecule has 170 valence electrons. The number of amides is 1. The predicted octanol–water partition coefficient (Wildman–Crippen LogP) is 3.57. The molecule has 0 bridgehead atoms. The van der Waals surface area contributed by atoms with Gasteiger partial charge in [-0.2, -0.15) is 0 Å². The van der Waals surface area contributed by atoms with Crippen LogP contribution in [0.2, 0.25) is 0 Å². The Balaban J connectivity index is 2.14. The number of nitrogen functional groups attached to an aromatic ring is 1. The van der Waals surface area contributed by atoms with Gasteiger partial charge < -0.3 is 20.7 Å². The minimum absolute atomic E-state index is 0.108. The molecule has 3 aromatic rings. The van der Waals surface area contributed by atoms with E-state index in [1.54, 1.807) is 41.0 Å².